The largest absolute Gasteiger partial charge is 0.508 e. The summed E-state index contributed by atoms with van der Waals surface area (Å²) in [5, 5.41) is 9.97. The molecule has 1 aromatic heterocycles. The van der Waals surface area contributed by atoms with Gasteiger partial charge < -0.3 is 9.52 Å². The third-order valence-corrected chi connectivity index (χ3v) is 1.90. The first-order chi connectivity index (χ1) is 6.20. The fourth-order valence-electron chi connectivity index (χ4n) is 1.38. The Bertz CT molecular complexity index is 468. The van der Waals surface area contributed by atoms with E-state index in [0.29, 0.717) is 17.4 Å². The van der Waals surface area contributed by atoms with Gasteiger partial charge in [-0.15, -0.1) is 0 Å². The molecule has 2 aromatic rings. The molecule has 0 amide bonds. The molecule has 66 valence electrons. The van der Waals surface area contributed by atoms with Crippen LogP contribution in [0, 0.1) is 6.92 Å². The van der Waals surface area contributed by atoms with Crippen LogP contribution in [-0.4, -0.2) is 11.4 Å². The van der Waals surface area contributed by atoms with Crippen molar-refractivity contribution >= 4 is 17.3 Å². The van der Waals surface area contributed by atoms with Crippen LogP contribution < -0.4 is 0 Å². The average molecular weight is 176 g/mol. The van der Waals surface area contributed by atoms with Gasteiger partial charge in [-0.1, -0.05) is 0 Å². The maximum Gasteiger partial charge on any atom is 0.150 e. The van der Waals surface area contributed by atoms with Crippen molar-refractivity contribution in [3.63, 3.8) is 0 Å². The molecule has 2 rings (SSSR count). The van der Waals surface area contributed by atoms with Gasteiger partial charge in [0.2, 0.25) is 0 Å². The average Bonchev–Trinajstić information content (AvgIpc) is 2.43. The van der Waals surface area contributed by atoms with Crippen molar-refractivity contribution in [2.24, 2.45) is 0 Å². The van der Waals surface area contributed by atoms with Crippen LogP contribution in [0.2, 0.25) is 0 Å². The quantitative estimate of drug-likeness (QED) is 0.678. The summed E-state index contributed by atoms with van der Waals surface area (Å²) in [4.78, 5) is 10.6. The van der Waals surface area contributed by atoms with Crippen LogP contribution in [0.25, 0.3) is 11.0 Å². The molecule has 0 spiro atoms. The lowest BCUT2D eigenvalue weighted by molar-refractivity contribution is 0.112. The molecule has 0 saturated heterocycles. The van der Waals surface area contributed by atoms with Gasteiger partial charge in [-0.25, -0.2) is 0 Å². The number of benzene rings is 1. The van der Waals surface area contributed by atoms with Crippen LogP contribution in [0.1, 0.15) is 16.1 Å². The first kappa shape index (κ1) is 7.86. The number of fused-ring (bicyclic) bond motifs is 1. The normalized spacial score (nSPS) is 10.5. The highest BCUT2D eigenvalue weighted by Crippen LogP contribution is 2.26. The maximum absolute atomic E-state index is 10.6. The van der Waals surface area contributed by atoms with E-state index in [4.69, 9.17) is 4.42 Å². The van der Waals surface area contributed by atoms with Crippen molar-refractivity contribution in [3.8, 4) is 5.75 Å². The molecule has 3 nitrogen and oxygen atoms in total. The Morgan fingerprint density at radius 1 is 1.38 bits per heavy atom. The maximum atomic E-state index is 10.6. The van der Waals surface area contributed by atoms with Gasteiger partial charge in [0.15, 0.2) is 6.29 Å². The van der Waals surface area contributed by atoms with Crippen LogP contribution in [0.15, 0.2) is 22.6 Å². The highest BCUT2D eigenvalue weighted by Gasteiger charge is 2.06. The number of phenols is 1. The lowest BCUT2D eigenvalue weighted by Gasteiger charge is -1.94. The number of carbonyl (C=O) groups is 1. The number of furan rings is 1. The molecule has 0 saturated carbocycles. The highest BCUT2D eigenvalue weighted by molar-refractivity contribution is 5.97. The number of aryl methyl sites for hydroxylation is 1. The SMILES string of the molecule is Cc1cc2c(C=O)cc(O)cc2o1. The molecule has 0 fully saturated rings. The van der Waals surface area contributed by atoms with Crippen LogP contribution in [0.4, 0.5) is 0 Å². The summed E-state index contributed by atoms with van der Waals surface area (Å²) in [6, 6.07) is 4.69. The molecule has 1 heterocycles. The van der Waals surface area contributed by atoms with E-state index in [0.717, 1.165) is 11.1 Å². The van der Waals surface area contributed by atoms with Gasteiger partial charge >= 0.3 is 0 Å². The Labute approximate surface area is 74.6 Å². The Balaban J connectivity index is 2.88. The molecule has 0 aliphatic heterocycles. The smallest absolute Gasteiger partial charge is 0.150 e. The molecule has 0 aliphatic rings. The zero-order valence-corrected chi connectivity index (χ0v) is 7.07. The third-order valence-electron chi connectivity index (χ3n) is 1.90. The Morgan fingerprint density at radius 3 is 2.85 bits per heavy atom. The second kappa shape index (κ2) is 2.62. The van der Waals surface area contributed by atoms with Crippen molar-refractivity contribution in [1.29, 1.82) is 0 Å². The van der Waals surface area contributed by atoms with Crippen LogP contribution in [0.5, 0.6) is 5.75 Å². The molecule has 0 atom stereocenters. The molecule has 0 unspecified atom stereocenters. The Morgan fingerprint density at radius 2 is 2.15 bits per heavy atom. The number of carbonyl (C=O) groups excluding carboxylic acids is 1. The van der Waals surface area contributed by atoms with Crippen molar-refractivity contribution in [2.45, 2.75) is 6.92 Å². The lowest BCUT2D eigenvalue weighted by atomic mass is 10.1. The summed E-state index contributed by atoms with van der Waals surface area (Å²) in [6.45, 7) is 1.80. The molecule has 0 bridgehead atoms. The second-order valence-corrected chi connectivity index (χ2v) is 2.92. The van der Waals surface area contributed by atoms with Crippen molar-refractivity contribution in [2.75, 3.05) is 0 Å². The van der Waals surface area contributed by atoms with E-state index in [1.54, 1.807) is 13.0 Å². The summed E-state index contributed by atoms with van der Waals surface area (Å²) in [6.07, 6.45) is 0.705. The number of aromatic hydroxyl groups is 1. The van der Waals surface area contributed by atoms with Crippen LogP contribution >= 0.6 is 0 Å². The number of aldehydes is 1. The Hall–Kier alpha value is -1.77. The fraction of sp³-hybridized carbons (Fsp3) is 0.100. The van der Waals surface area contributed by atoms with E-state index in [1.165, 1.54) is 12.1 Å². The molecular formula is C10H8O3. The monoisotopic (exact) mass is 176 g/mol. The zero-order chi connectivity index (χ0) is 9.42. The number of phenolic OH excluding ortho intramolecular Hbond substituents is 1. The van der Waals surface area contributed by atoms with Gasteiger partial charge in [0, 0.05) is 17.0 Å². The highest BCUT2D eigenvalue weighted by atomic mass is 16.3. The molecule has 3 heteroatoms. The minimum atomic E-state index is 0.0453. The fourth-order valence-corrected chi connectivity index (χ4v) is 1.38. The van der Waals surface area contributed by atoms with Crippen molar-refractivity contribution in [1.82, 2.24) is 0 Å². The molecule has 0 aliphatic carbocycles. The van der Waals surface area contributed by atoms with E-state index in [1.807, 2.05) is 0 Å². The standard InChI is InChI=1S/C10H8O3/c1-6-2-9-7(5-11)3-8(12)4-10(9)13-6/h2-5,12H,1H3. The third kappa shape index (κ3) is 1.18. The number of hydrogen-bond acceptors (Lipinski definition) is 3. The van der Waals surface area contributed by atoms with Gasteiger partial charge in [0.25, 0.3) is 0 Å². The summed E-state index contributed by atoms with van der Waals surface area (Å²) < 4.78 is 5.27. The van der Waals surface area contributed by atoms with Crippen molar-refractivity contribution in [3.05, 3.63) is 29.5 Å². The van der Waals surface area contributed by atoms with Gasteiger partial charge in [-0.2, -0.15) is 0 Å². The van der Waals surface area contributed by atoms with Gasteiger partial charge in [0.1, 0.15) is 17.1 Å². The van der Waals surface area contributed by atoms with E-state index < -0.39 is 0 Å². The zero-order valence-electron chi connectivity index (χ0n) is 7.07. The van der Waals surface area contributed by atoms with Crippen LogP contribution in [-0.2, 0) is 0 Å². The lowest BCUT2D eigenvalue weighted by Crippen LogP contribution is -1.79. The van der Waals surface area contributed by atoms with Gasteiger partial charge in [0.05, 0.1) is 0 Å². The van der Waals surface area contributed by atoms with Gasteiger partial charge in [-0.05, 0) is 19.1 Å². The molecule has 1 N–H and O–H groups in total. The minimum absolute atomic E-state index is 0.0453. The van der Waals surface area contributed by atoms with Crippen molar-refractivity contribution < 1.29 is 14.3 Å². The van der Waals surface area contributed by atoms with E-state index in [-0.39, 0.29) is 5.75 Å². The topological polar surface area (TPSA) is 50.4 Å². The van der Waals surface area contributed by atoms with Gasteiger partial charge in [-0.3, -0.25) is 4.79 Å². The molecule has 13 heavy (non-hydrogen) atoms. The first-order valence-corrected chi connectivity index (χ1v) is 3.89. The second-order valence-electron chi connectivity index (χ2n) is 2.92. The number of hydrogen-bond donors (Lipinski definition) is 1. The van der Waals surface area contributed by atoms with Crippen LogP contribution in [0.3, 0.4) is 0 Å². The summed E-state index contributed by atoms with van der Waals surface area (Å²) in [7, 11) is 0. The summed E-state index contributed by atoms with van der Waals surface area (Å²) in [5.74, 6) is 0.771. The molecular weight excluding hydrogens is 168 g/mol. The summed E-state index contributed by atoms with van der Waals surface area (Å²) >= 11 is 0. The Kier molecular flexibility index (Phi) is 1.59. The van der Waals surface area contributed by atoms with E-state index in [2.05, 4.69) is 0 Å². The predicted octanol–water partition coefficient (Wildman–Crippen LogP) is 2.26. The number of rotatable bonds is 1. The van der Waals surface area contributed by atoms with E-state index >= 15 is 0 Å². The minimum Gasteiger partial charge on any atom is -0.508 e. The van der Waals surface area contributed by atoms with E-state index in [9.17, 15) is 9.90 Å². The first-order valence-electron chi connectivity index (χ1n) is 3.89. The molecule has 0 radical (unpaired) electrons. The molecule has 1 aromatic carbocycles. The predicted molar refractivity (Wildman–Crippen MR) is 48.0 cm³/mol. The summed E-state index contributed by atoms with van der Waals surface area (Å²) in [5.41, 5.74) is 0.992.